The van der Waals surface area contributed by atoms with Crippen LogP contribution in [0.4, 0.5) is 5.95 Å². The Labute approximate surface area is 213 Å². The zero-order valence-electron chi connectivity index (χ0n) is 21.7. The number of aromatic nitrogens is 3. The summed E-state index contributed by atoms with van der Waals surface area (Å²) in [6.45, 7) is 10.7. The van der Waals surface area contributed by atoms with Gasteiger partial charge in [-0.05, 0) is 62.3 Å². The number of aryl methyl sites for hydroxylation is 2. The minimum Gasteiger partial charge on any atom is -0.351 e. The molecular formula is C29H38N4OS. The summed E-state index contributed by atoms with van der Waals surface area (Å²) in [5, 5.41) is 4.55. The molecule has 1 aromatic carbocycles. The second kappa shape index (κ2) is 11.0. The van der Waals surface area contributed by atoms with Crippen LogP contribution in [0.25, 0.3) is 11.3 Å². The molecule has 35 heavy (non-hydrogen) atoms. The molecule has 1 aliphatic rings. The number of anilines is 1. The SMILES string of the molecule is Cc1cc(-c2ccnc(N[C@@H](C)C3CCCCC3)n2)ccc1CCC(=O)c1cnc(C(C)(C)C)s1. The molecule has 3 aromatic rings. The van der Waals surface area contributed by atoms with Crippen molar-refractivity contribution in [3.63, 3.8) is 0 Å². The molecule has 0 unspecified atom stereocenters. The molecule has 1 saturated carbocycles. The first-order chi connectivity index (χ1) is 16.7. The molecule has 1 atom stereocenters. The lowest BCUT2D eigenvalue weighted by Crippen LogP contribution is -2.28. The van der Waals surface area contributed by atoms with E-state index in [1.54, 1.807) is 6.20 Å². The molecule has 0 spiro atoms. The van der Waals surface area contributed by atoms with Crippen molar-refractivity contribution in [1.29, 1.82) is 0 Å². The molecule has 0 bridgehead atoms. The number of carbonyl (C=O) groups is 1. The van der Waals surface area contributed by atoms with Gasteiger partial charge in [0.1, 0.15) is 0 Å². The van der Waals surface area contributed by atoms with Gasteiger partial charge in [-0.15, -0.1) is 11.3 Å². The molecule has 2 aromatic heterocycles. The third-order valence-electron chi connectivity index (χ3n) is 7.05. The van der Waals surface area contributed by atoms with E-state index >= 15 is 0 Å². The number of Topliss-reactive ketones (excluding diaryl/α,β-unsaturated/α-hetero) is 1. The Kier molecular flexibility index (Phi) is 8.00. The van der Waals surface area contributed by atoms with Crippen LogP contribution in [0.2, 0.25) is 0 Å². The molecule has 0 amide bonds. The molecule has 1 aliphatic carbocycles. The van der Waals surface area contributed by atoms with Crippen molar-refractivity contribution >= 4 is 23.1 Å². The Morgan fingerprint density at radius 1 is 1.14 bits per heavy atom. The third-order valence-corrected chi connectivity index (χ3v) is 8.52. The van der Waals surface area contributed by atoms with Crippen LogP contribution in [0, 0.1) is 12.8 Å². The van der Waals surface area contributed by atoms with E-state index in [1.165, 1.54) is 54.6 Å². The largest absolute Gasteiger partial charge is 0.351 e. The molecule has 1 fully saturated rings. The first-order valence-corrected chi connectivity index (χ1v) is 13.7. The summed E-state index contributed by atoms with van der Waals surface area (Å²) in [6.07, 6.45) is 11.4. The number of hydrogen-bond donors (Lipinski definition) is 1. The lowest BCUT2D eigenvalue weighted by Gasteiger charge is -2.28. The molecule has 5 nitrogen and oxygen atoms in total. The number of rotatable bonds is 8. The molecule has 0 saturated heterocycles. The molecular weight excluding hydrogens is 452 g/mol. The van der Waals surface area contributed by atoms with Crippen LogP contribution in [0.5, 0.6) is 0 Å². The van der Waals surface area contributed by atoms with Crippen LogP contribution in [0.1, 0.15) is 92.0 Å². The van der Waals surface area contributed by atoms with Crippen molar-refractivity contribution in [2.45, 2.75) is 91.0 Å². The monoisotopic (exact) mass is 490 g/mol. The Morgan fingerprint density at radius 3 is 2.60 bits per heavy atom. The van der Waals surface area contributed by atoms with E-state index in [2.05, 4.69) is 68.1 Å². The summed E-state index contributed by atoms with van der Waals surface area (Å²) in [6, 6.07) is 8.75. The maximum absolute atomic E-state index is 12.7. The maximum Gasteiger partial charge on any atom is 0.223 e. The van der Waals surface area contributed by atoms with Gasteiger partial charge in [-0.3, -0.25) is 4.79 Å². The minimum absolute atomic E-state index is 0.0279. The normalized spacial score (nSPS) is 15.7. The van der Waals surface area contributed by atoms with Gasteiger partial charge in [0, 0.05) is 35.8 Å². The highest BCUT2D eigenvalue weighted by atomic mass is 32.1. The van der Waals surface area contributed by atoms with Gasteiger partial charge in [0.25, 0.3) is 0 Å². The second-order valence-corrected chi connectivity index (χ2v) is 12.0. The van der Waals surface area contributed by atoms with E-state index in [1.807, 2.05) is 12.3 Å². The predicted molar refractivity (Wildman–Crippen MR) is 145 cm³/mol. The highest BCUT2D eigenvalue weighted by molar-refractivity contribution is 7.13. The zero-order valence-corrected chi connectivity index (χ0v) is 22.5. The summed E-state index contributed by atoms with van der Waals surface area (Å²) in [5.41, 5.74) is 4.34. The van der Waals surface area contributed by atoms with Crippen LogP contribution >= 0.6 is 11.3 Å². The van der Waals surface area contributed by atoms with Crippen molar-refractivity contribution in [3.05, 3.63) is 57.7 Å². The average Bonchev–Trinajstić information content (AvgIpc) is 3.35. The summed E-state index contributed by atoms with van der Waals surface area (Å²) in [7, 11) is 0. The topological polar surface area (TPSA) is 67.8 Å². The fourth-order valence-corrected chi connectivity index (χ4v) is 5.74. The summed E-state index contributed by atoms with van der Waals surface area (Å²) < 4.78 is 0. The maximum atomic E-state index is 12.7. The van der Waals surface area contributed by atoms with Gasteiger partial charge in [0.05, 0.1) is 15.6 Å². The zero-order chi connectivity index (χ0) is 25.0. The molecule has 2 heterocycles. The fraction of sp³-hybridized carbons (Fsp3) is 0.517. The third kappa shape index (κ3) is 6.54. The van der Waals surface area contributed by atoms with E-state index in [-0.39, 0.29) is 11.2 Å². The Bertz CT molecular complexity index is 1160. The minimum atomic E-state index is -0.0279. The van der Waals surface area contributed by atoms with Gasteiger partial charge in [-0.25, -0.2) is 15.0 Å². The van der Waals surface area contributed by atoms with Gasteiger partial charge >= 0.3 is 0 Å². The quantitative estimate of drug-likeness (QED) is 0.333. The summed E-state index contributed by atoms with van der Waals surface area (Å²) in [4.78, 5) is 27.2. The fourth-order valence-electron chi connectivity index (χ4n) is 4.80. The molecule has 0 aliphatic heterocycles. The standard InChI is InChI=1S/C29H38N4OS/c1-19-17-23(24-15-16-30-28(33-24)32-20(2)22-9-7-6-8-10-22)12-11-21(19)13-14-25(34)26-18-31-27(35-26)29(3,4)5/h11-12,15-18,20,22H,6-10,13-14H2,1-5H3,(H,30,32,33)/t20-/m0/s1. The second-order valence-electron chi connectivity index (χ2n) is 10.9. The van der Waals surface area contributed by atoms with Crippen molar-refractivity contribution < 1.29 is 4.79 Å². The van der Waals surface area contributed by atoms with Crippen LogP contribution < -0.4 is 5.32 Å². The number of hydrogen-bond acceptors (Lipinski definition) is 6. The molecule has 0 radical (unpaired) electrons. The van der Waals surface area contributed by atoms with Crippen molar-refractivity contribution in [2.24, 2.45) is 5.92 Å². The van der Waals surface area contributed by atoms with Gasteiger partial charge in [-0.2, -0.15) is 0 Å². The number of nitrogens with one attached hydrogen (secondary N) is 1. The Balaban J connectivity index is 1.39. The van der Waals surface area contributed by atoms with Crippen LogP contribution in [0.3, 0.4) is 0 Å². The highest BCUT2D eigenvalue weighted by Crippen LogP contribution is 2.29. The number of nitrogens with zero attached hydrogens (tertiary/aromatic N) is 3. The van der Waals surface area contributed by atoms with Gasteiger partial charge < -0.3 is 5.32 Å². The molecule has 1 N–H and O–H groups in total. The molecule has 6 heteroatoms. The van der Waals surface area contributed by atoms with Crippen molar-refractivity contribution in [1.82, 2.24) is 15.0 Å². The van der Waals surface area contributed by atoms with E-state index in [0.29, 0.717) is 24.3 Å². The smallest absolute Gasteiger partial charge is 0.223 e. The van der Waals surface area contributed by atoms with Crippen molar-refractivity contribution in [2.75, 3.05) is 5.32 Å². The summed E-state index contributed by atoms with van der Waals surface area (Å²) in [5.74, 6) is 1.57. The van der Waals surface area contributed by atoms with Crippen LogP contribution in [0.15, 0.2) is 36.7 Å². The highest BCUT2D eigenvalue weighted by Gasteiger charge is 2.21. The first-order valence-electron chi connectivity index (χ1n) is 12.9. The van der Waals surface area contributed by atoms with Gasteiger partial charge in [0.2, 0.25) is 5.95 Å². The van der Waals surface area contributed by atoms with Crippen LogP contribution in [-0.4, -0.2) is 26.8 Å². The number of benzene rings is 1. The van der Waals surface area contributed by atoms with Crippen LogP contribution in [-0.2, 0) is 11.8 Å². The Hall–Kier alpha value is -2.60. The number of ketones is 1. The summed E-state index contributed by atoms with van der Waals surface area (Å²) >= 11 is 1.52. The number of carbonyl (C=O) groups excluding carboxylic acids is 1. The van der Waals surface area contributed by atoms with E-state index < -0.39 is 0 Å². The Morgan fingerprint density at radius 2 is 1.91 bits per heavy atom. The van der Waals surface area contributed by atoms with E-state index in [0.717, 1.165) is 27.6 Å². The number of thiazole rings is 1. The van der Waals surface area contributed by atoms with E-state index in [9.17, 15) is 4.79 Å². The lowest BCUT2D eigenvalue weighted by atomic mass is 9.85. The van der Waals surface area contributed by atoms with Gasteiger partial charge in [0.15, 0.2) is 5.78 Å². The first kappa shape index (κ1) is 25.5. The molecule has 186 valence electrons. The predicted octanol–water partition coefficient (Wildman–Crippen LogP) is 7.40. The van der Waals surface area contributed by atoms with Crippen molar-refractivity contribution in [3.8, 4) is 11.3 Å². The van der Waals surface area contributed by atoms with E-state index in [4.69, 9.17) is 4.98 Å². The molecule has 4 rings (SSSR count). The lowest BCUT2D eigenvalue weighted by molar-refractivity contribution is 0.0986. The van der Waals surface area contributed by atoms with Gasteiger partial charge in [-0.1, -0.05) is 52.2 Å². The average molecular weight is 491 g/mol.